The smallest absolute Gasteiger partial charge is 0.260 e. The second-order valence-corrected chi connectivity index (χ2v) is 6.89. The normalized spacial score (nSPS) is 14.8. The zero-order valence-electron chi connectivity index (χ0n) is 16.5. The van der Waals surface area contributed by atoms with Gasteiger partial charge in [-0.3, -0.25) is 9.36 Å². The summed E-state index contributed by atoms with van der Waals surface area (Å²) in [6, 6.07) is 9.41. The Morgan fingerprint density at radius 1 is 1.38 bits per heavy atom. The molecule has 1 aromatic carbocycles. The number of hydrogen-bond donors (Lipinski definition) is 1. The first-order valence-electron chi connectivity index (χ1n) is 9.46. The molecule has 1 N–H and O–H groups in total. The van der Waals surface area contributed by atoms with E-state index >= 15 is 0 Å². The van der Waals surface area contributed by atoms with Gasteiger partial charge >= 0.3 is 0 Å². The molecule has 0 saturated carbocycles. The van der Waals surface area contributed by atoms with E-state index < -0.39 is 5.91 Å². The summed E-state index contributed by atoms with van der Waals surface area (Å²) >= 11 is 0. The Hall–Kier alpha value is -3.66. The van der Waals surface area contributed by atoms with Crippen LogP contribution in [0.4, 0.5) is 5.69 Å². The average molecular weight is 391 g/mol. The highest BCUT2D eigenvalue weighted by atomic mass is 16.5. The van der Waals surface area contributed by atoms with Gasteiger partial charge in [-0.1, -0.05) is 0 Å². The van der Waals surface area contributed by atoms with Gasteiger partial charge in [-0.15, -0.1) is 0 Å². The number of rotatable bonds is 5. The van der Waals surface area contributed by atoms with Gasteiger partial charge < -0.3 is 19.2 Å². The predicted molar refractivity (Wildman–Crippen MR) is 107 cm³/mol. The largest absolute Gasteiger partial charge is 0.492 e. The number of fused-ring (bicyclic) bond motifs is 1. The Kier molecular flexibility index (Phi) is 4.77. The van der Waals surface area contributed by atoms with Crippen LogP contribution >= 0.6 is 0 Å². The van der Waals surface area contributed by atoms with Crippen molar-refractivity contribution in [3.63, 3.8) is 0 Å². The van der Waals surface area contributed by atoms with Crippen LogP contribution in [0.25, 0.3) is 5.88 Å². The molecule has 3 heterocycles. The second-order valence-electron chi connectivity index (χ2n) is 6.89. The SMILES string of the molecule is CCOc1cc2c(cc1NC(=O)c1c(C)oc(-n3cccc3)c1C#N)O[C@H](C)C2. The second kappa shape index (κ2) is 7.40. The number of aryl methyl sites for hydroxylation is 1. The summed E-state index contributed by atoms with van der Waals surface area (Å²) in [7, 11) is 0. The molecule has 1 amide bonds. The fraction of sp³-hybridized carbons (Fsp3) is 0.273. The van der Waals surface area contributed by atoms with E-state index in [1.54, 1.807) is 30.0 Å². The number of benzene rings is 1. The summed E-state index contributed by atoms with van der Waals surface area (Å²) in [6.07, 6.45) is 4.39. The van der Waals surface area contributed by atoms with Crippen molar-refractivity contribution in [2.45, 2.75) is 33.3 Å². The van der Waals surface area contributed by atoms with Crippen molar-refractivity contribution in [3.05, 3.63) is 59.1 Å². The zero-order chi connectivity index (χ0) is 20.5. The van der Waals surface area contributed by atoms with Crippen molar-refractivity contribution in [3.8, 4) is 23.5 Å². The molecule has 3 aromatic rings. The van der Waals surface area contributed by atoms with Gasteiger partial charge in [-0.25, -0.2) is 0 Å². The number of furan rings is 1. The van der Waals surface area contributed by atoms with Crippen molar-refractivity contribution < 1.29 is 18.7 Å². The standard InChI is InChI=1S/C22H21N3O4/c1-4-27-19-10-15-9-13(2)28-18(15)11-17(19)24-21(26)20-14(3)29-22(16(20)12-23)25-7-5-6-8-25/h5-8,10-11,13H,4,9H2,1-3H3,(H,24,26)/t13-/m1/s1. The van der Waals surface area contributed by atoms with Crippen molar-refractivity contribution in [2.24, 2.45) is 0 Å². The molecule has 2 aromatic heterocycles. The number of nitriles is 1. The van der Waals surface area contributed by atoms with Gasteiger partial charge in [0, 0.05) is 30.4 Å². The molecule has 0 spiro atoms. The van der Waals surface area contributed by atoms with Crippen molar-refractivity contribution >= 4 is 11.6 Å². The van der Waals surface area contributed by atoms with E-state index in [1.165, 1.54) is 0 Å². The molecule has 7 nitrogen and oxygen atoms in total. The van der Waals surface area contributed by atoms with Crippen LogP contribution in [0.3, 0.4) is 0 Å². The van der Waals surface area contributed by atoms with Gasteiger partial charge in [0.25, 0.3) is 5.91 Å². The molecule has 148 valence electrons. The number of carbonyl (C=O) groups excluding carboxylic acids is 1. The first-order valence-corrected chi connectivity index (χ1v) is 9.46. The third kappa shape index (κ3) is 3.34. The van der Waals surface area contributed by atoms with Gasteiger partial charge in [0.15, 0.2) is 0 Å². The monoisotopic (exact) mass is 391 g/mol. The first kappa shape index (κ1) is 18.7. The Morgan fingerprint density at radius 2 is 2.14 bits per heavy atom. The average Bonchev–Trinajstić information content (AvgIpc) is 3.39. The maximum absolute atomic E-state index is 13.1. The van der Waals surface area contributed by atoms with Crippen molar-refractivity contribution in [1.29, 1.82) is 5.26 Å². The molecular weight excluding hydrogens is 370 g/mol. The summed E-state index contributed by atoms with van der Waals surface area (Å²) in [5.41, 5.74) is 1.93. The van der Waals surface area contributed by atoms with E-state index in [4.69, 9.17) is 13.9 Å². The van der Waals surface area contributed by atoms with Gasteiger partial charge in [0.05, 0.1) is 12.3 Å². The summed E-state index contributed by atoms with van der Waals surface area (Å²) in [5, 5.41) is 12.5. The van der Waals surface area contributed by atoms with E-state index in [-0.39, 0.29) is 17.2 Å². The molecule has 0 radical (unpaired) electrons. The fourth-order valence-electron chi connectivity index (χ4n) is 3.56. The summed E-state index contributed by atoms with van der Waals surface area (Å²) in [4.78, 5) is 13.1. The summed E-state index contributed by atoms with van der Waals surface area (Å²) < 4.78 is 18.9. The van der Waals surface area contributed by atoms with Crippen LogP contribution in [0.5, 0.6) is 11.5 Å². The lowest BCUT2D eigenvalue weighted by molar-refractivity contribution is 0.102. The lowest BCUT2D eigenvalue weighted by atomic mass is 10.1. The molecular formula is C22H21N3O4. The van der Waals surface area contributed by atoms with E-state index in [1.807, 2.05) is 32.0 Å². The van der Waals surface area contributed by atoms with E-state index in [0.29, 0.717) is 29.7 Å². The van der Waals surface area contributed by atoms with Crippen molar-refractivity contribution in [1.82, 2.24) is 4.57 Å². The van der Waals surface area contributed by atoms with Crippen LogP contribution in [-0.2, 0) is 6.42 Å². The van der Waals surface area contributed by atoms with Crippen molar-refractivity contribution in [2.75, 3.05) is 11.9 Å². The first-order chi connectivity index (χ1) is 14.0. The van der Waals surface area contributed by atoms with E-state index in [0.717, 1.165) is 17.7 Å². The molecule has 0 bridgehead atoms. The van der Waals surface area contributed by atoms with E-state index in [2.05, 4.69) is 11.4 Å². The van der Waals surface area contributed by atoms with Gasteiger partial charge in [0.1, 0.15) is 40.6 Å². The summed E-state index contributed by atoms with van der Waals surface area (Å²) in [5.74, 6) is 1.55. The molecule has 0 aliphatic carbocycles. The molecule has 1 aliphatic heterocycles. The highest BCUT2D eigenvalue weighted by molar-refractivity contribution is 6.08. The lowest BCUT2D eigenvalue weighted by Gasteiger charge is -2.13. The lowest BCUT2D eigenvalue weighted by Crippen LogP contribution is -2.15. The minimum absolute atomic E-state index is 0.0795. The predicted octanol–water partition coefficient (Wildman–Crippen LogP) is 4.22. The molecule has 1 atom stereocenters. The zero-order valence-corrected chi connectivity index (χ0v) is 16.5. The Bertz CT molecular complexity index is 1110. The number of amides is 1. The maximum atomic E-state index is 13.1. The fourth-order valence-corrected chi connectivity index (χ4v) is 3.56. The third-order valence-corrected chi connectivity index (χ3v) is 4.79. The number of nitrogens with zero attached hydrogens (tertiary/aromatic N) is 2. The van der Waals surface area contributed by atoms with Gasteiger partial charge in [-0.05, 0) is 39.0 Å². The molecule has 4 rings (SSSR count). The highest BCUT2D eigenvalue weighted by Gasteiger charge is 2.27. The highest BCUT2D eigenvalue weighted by Crippen LogP contribution is 2.38. The number of carbonyl (C=O) groups is 1. The molecule has 0 saturated heterocycles. The van der Waals surface area contributed by atoms with Crippen LogP contribution in [0.1, 0.15) is 41.1 Å². The van der Waals surface area contributed by atoms with Crippen LogP contribution in [0, 0.1) is 18.3 Å². The molecule has 0 unspecified atom stereocenters. The number of hydrogen-bond acceptors (Lipinski definition) is 5. The minimum Gasteiger partial charge on any atom is -0.492 e. The number of ether oxygens (including phenoxy) is 2. The number of nitrogens with one attached hydrogen (secondary N) is 1. The summed E-state index contributed by atoms with van der Waals surface area (Å²) in [6.45, 7) is 6.01. The molecule has 29 heavy (non-hydrogen) atoms. The van der Waals surface area contributed by atoms with Gasteiger partial charge in [-0.2, -0.15) is 5.26 Å². The molecule has 1 aliphatic rings. The topological polar surface area (TPSA) is 89.4 Å². The molecule has 0 fully saturated rings. The van der Waals surface area contributed by atoms with E-state index in [9.17, 15) is 10.1 Å². The Labute approximate surface area is 168 Å². The molecule has 7 heteroatoms. The van der Waals surface area contributed by atoms with Gasteiger partial charge in [0.2, 0.25) is 5.88 Å². The van der Waals surface area contributed by atoms with Crippen LogP contribution in [0.2, 0.25) is 0 Å². The Morgan fingerprint density at radius 3 is 2.83 bits per heavy atom. The van der Waals surface area contributed by atoms with Crippen LogP contribution in [0.15, 0.2) is 41.1 Å². The maximum Gasteiger partial charge on any atom is 0.260 e. The van der Waals surface area contributed by atoms with Crippen LogP contribution in [-0.4, -0.2) is 23.2 Å². The minimum atomic E-state index is -0.437. The number of aromatic nitrogens is 1. The van der Waals surface area contributed by atoms with Crippen LogP contribution < -0.4 is 14.8 Å². The third-order valence-electron chi connectivity index (χ3n) is 4.79. The quantitative estimate of drug-likeness (QED) is 0.703. The number of anilines is 1. The Balaban J connectivity index is 1.71.